The second kappa shape index (κ2) is 6.75. The number of nitro groups is 1. The van der Waals surface area contributed by atoms with Crippen molar-refractivity contribution in [3.63, 3.8) is 0 Å². The lowest BCUT2D eigenvalue weighted by Gasteiger charge is -2.13. The minimum absolute atomic E-state index is 0.0857. The summed E-state index contributed by atoms with van der Waals surface area (Å²) >= 11 is 0. The van der Waals surface area contributed by atoms with Crippen LogP contribution in [0, 0.1) is 16.0 Å². The van der Waals surface area contributed by atoms with Crippen molar-refractivity contribution < 1.29 is 14.8 Å². The van der Waals surface area contributed by atoms with Gasteiger partial charge in [-0.15, -0.1) is 0 Å². The molecule has 0 saturated carbocycles. The lowest BCUT2D eigenvalue weighted by molar-refractivity contribution is -0.389. The molecule has 0 aliphatic rings. The van der Waals surface area contributed by atoms with Gasteiger partial charge in [0.1, 0.15) is 0 Å². The molecule has 7 heteroatoms. The number of hydrogen-bond acceptors (Lipinski definition) is 4. The topological polar surface area (TPSA) is 108 Å². The lowest BCUT2D eigenvalue weighted by Crippen LogP contribution is -2.29. The molecule has 0 aliphatic heterocycles. The number of aliphatic hydroxyl groups is 1. The maximum atomic E-state index is 11.7. The minimum Gasteiger partial charge on any atom is -0.396 e. The van der Waals surface area contributed by atoms with Crippen LogP contribution in [0.5, 0.6) is 0 Å². The zero-order valence-corrected chi connectivity index (χ0v) is 10.2. The SMILES string of the molecule is CCC(CCO)CNC(=O)c1ccc([N+](=O)[O-])[nH]1. The van der Waals surface area contributed by atoms with E-state index in [1.54, 1.807) is 0 Å². The van der Waals surface area contributed by atoms with Crippen LogP contribution in [-0.4, -0.2) is 34.1 Å². The Bertz CT molecular complexity index is 416. The van der Waals surface area contributed by atoms with Gasteiger partial charge in [-0.2, -0.15) is 0 Å². The highest BCUT2D eigenvalue weighted by molar-refractivity contribution is 5.92. The Morgan fingerprint density at radius 1 is 1.61 bits per heavy atom. The Labute approximate surface area is 104 Å². The monoisotopic (exact) mass is 255 g/mol. The molecule has 1 atom stereocenters. The first-order valence-electron chi connectivity index (χ1n) is 5.81. The first-order chi connectivity index (χ1) is 8.58. The number of carbonyl (C=O) groups is 1. The fourth-order valence-corrected chi connectivity index (χ4v) is 1.59. The molecule has 1 unspecified atom stereocenters. The molecular weight excluding hydrogens is 238 g/mol. The number of hydrogen-bond donors (Lipinski definition) is 3. The predicted molar refractivity (Wildman–Crippen MR) is 65.3 cm³/mol. The second-order valence-corrected chi connectivity index (χ2v) is 4.01. The molecule has 7 nitrogen and oxygen atoms in total. The number of rotatable bonds is 7. The highest BCUT2D eigenvalue weighted by atomic mass is 16.6. The predicted octanol–water partition coefficient (Wildman–Crippen LogP) is 1.06. The molecule has 18 heavy (non-hydrogen) atoms. The second-order valence-electron chi connectivity index (χ2n) is 4.01. The molecule has 1 heterocycles. The van der Waals surface area contributed by atoms with Gasteiger partial charge in [0.05, 0.1) is 0 Å². The maximum Gasteiger partial charge on any atom is 0.321 e. The molecule has 0 spiro atoms. The molecule has 3 N–H and O–H groups in total. The summed E-state index contributed by atoms with van der Waals surface area (Å²) in [6.45, 7) is 2.51. The first-order valence-corrected chi connectivity index (χ1v) is 5.81. The van der Waals surface area contributed by atoms with E-state index in [9.17, 15) is 14.9 Å². The molecule has 0 bridgehead atoms. The van der Waals surface area contributed by atoms with Gasteiger partial charge in [0.15, 0.2) is 5.69 Å². The van der Waals surface area contributed by atoms with Crippen LogP contribution in [-0.2, 0) is 0 Å². The molecule has 1 aromatic heterocycles. The van der Waals surface area contributed by atoms with E-state index in [0.29, 0.717) is 13.0 Å². The average molecular weight is 255 g/mol. The van der Waals surface area contributed by atoms with Crippen molar-refractivity contribution in [3.8, 4) is 0 Å². The zero-order valence-electron chi connectivity index (χ0n) is 10.2. The van der Waals surface area contributed by atoms with Crippen LogP contribution < -0.4 is 5.32 Å². The fraction of sp³-hybridized carbons (Fsp3) is 0.545. The molecule has 0 aromatic carbocycles. The van der Waals surface area contributed by atoms with Crippen LogP contribution in [0.25, 0.3) is 0 Å². The summed E-state index contributed by atoms with van der Waals surface area (Å²) in [4.78, 5) is 24.0. The third-order valence-corrected chi connectivity index (χ3v) is 2.78. The lowest BCUT2D eigenvalue weighted by atomic mass is 10.0. The van der Waals surface area contributed by atoms with E-state index in [1.807, 2.05) is 6.92 Å². The molecule has 1 rings (SSSR count). The Balaban J connectivity index is 2.51. The summed E-state index contributed by atoms with van der Waals surface area (Å²) in [7, 11) is 0. The summed E-state index contributed by atoms with van der Waals surface area (Å²) in [5.41, 5.74) is 0.167. The number of amides is 1. The summed E-state index contributed by atoms with van der Waals surface area (Å²) in [6, 6.07) is 2.63. The van der Waals surface area contributed by atoms with Gasteiger partial charge in [-0.25, -0.2) is 4.98 Å². The molecule has 1 amide bonds. The molecule has 0 fully saturated rings. The van der Waals surface area contributed by atoms with E-state index in [1.165, 1.54) is 12.1 Å². The van der Waals surface area contributed by atoms with Crippen LogP contribution in [0.4, 0.5) is 5.82 Å². The van der Waals surface area contributed by atoms with E-state index >= 15 is 0 Å². The van der Waals surface area contributed by atoms with Crippen LogP contribution in [0.2, 0.25) is 0 Å². The smallest absolute Gasteiger partial charge is 0.321 e. The van der Waals surface area contributed by atoms with Gasteiger partial charge in [0, 0.05) is 19.2 Å². The number of aliphatic hydroxyl groups excluding tert-OH is 1. The number of nitrogens with zero attached hydrogens (tertiary/aromatic N) is 1. The van der Waals surface area contributed by atoms with Crippen molar-refractivity contribution in [2.45, 2.75) is 19.8 Å². The van der Waals surface area contributed by atoms with Crippen molar-refractivity contribution in [1.29, 1.82) is 0 Å². The number of aromatic amines is 1. The molecule has 0 saturated heterocycles. The summed E-state index contributed by atoms with van der Waals surface area (Å²) in [5, 5.41) is 22.0. The molecule has 0 radical (unpaired) electrons. The van der Waals surface area contributed by atoms with Crippen LogP contribution in [0.15, 0.2) is 12.1 Å². The maximum absolute atomic E-state index is 11.7. The standard InChI is InChI=1S/C11H17N3O4/c1-2-8(5-6-15)7-12-11(16)9-3-4-10(13-9)14(17)18/h3-4,8,13,15H,2,5-7H2,1H3,(H,12,16). The van der Waals surface area contributed by atoms with Gasteiger partial charge in [-0.3, -0.25) is 4.79 Å². The van der Waals surface area contributed by atoms with Gasteiger partial charge < -0.3 is 20.5 Å². The first kappa shape index (κ1) is 14.2. The minimum atomic E-state index is -0.586. The Morgan fingerprint density at radius 2 is 2.33 bits per heavy atom. The Morgan fingerprint density at radius 3 is 2.83 bits per heavy atom. The molecule has 0 aliphatic carbocycles. The van der Waals surface area contributed by atoms with E-state index in [2.05, 4.69) is 10.3 Å². The highest BCUT2D eigenvalue weighted by Gasteiger charge is 2.16. The van der Waals surface area contributed by atoms with E-state index < -0.39 is 4.92 Å². The van der Waals surface area contributed by atoms with Gasteiger partial charge in [-0.1, -0.05) is 13.3 Å². The van der Waals surface area contributed by atoms with Crippen molar-refractivity contribution in [1.82, 2.24) is 10.3 Å². The zero-order chi connectivity index (χ0) is 13.5. The number of aromatic nitrogens is 1. The van der Waals surface area contributed by atoms with Gasteiger partial charge >= 0.3 is 5.82 Å². The summed E-state index contributed by atoms with van der Waals surface area (Å²) < 4.78 is 0. The average Bonchev–Trinajstić information content (AvgIpc) is 2.83. The molecular formula is C11H17N3O4. The van der Waals surface area contributed by atoms with E-state index in [0.717, 1.165) is 6.42 Å². The number of nitrogens with one attached hydrogen (secondary N) is 2. The van der Waals surface area contributed by atoms with Crippen LogP contribution in [0.3, 0.4) is 0 Å². The van der Waals surface area contributed by atoms with Crippen molar-refractivity contribution in [3.05, 3.63) is 27.9 Å². The molecule has 100 valence electrons. The van der Waals surface area contributed by atoms with Crippen LogP contribution >= 0.6 is 0 Å². The van der Waals surface area contributed by atoms with E-state index in [4.69, 9.17) is 5.11 Å². The van der Waals surface area contributed by atoms with Gasteiger partial charge in [0.25, 0.3) is 5.91 Å². The summed E-state index contributed by atoms with van der Waals surface area (Å²) in [5.74, 6) is -0.370. The van der Waals surface area contributed by atoms with Crippen molar-refractivity contribution in [2.24, 2.45) is 5.92 Å². The van der Waals surface area contributed by atoms with Crippen molar-refractivity contribution in [2.75, 3.05) is 13.2 Å². The fourth-order valence-electron chi connectivity index (χ4n) is 1.59. The Hall–Kier alpha value is -1.89. The highest BCUT2D eigenvalue weighted by Crippen LogP contribution is 2.10. The van der Waals surface area contributed by atoms with Crippen LogP contribution in [0.1, 0.15) is 30.3 Å². The quantitative estimate of drug-likeness (QED) is 0.500. The number of carbonyl (C=O) groups excluding carboxylic acids is 1. The largest absolute Gasteiger partial charge is 0.396 e. The van der Waals surface area contributed by atoms with E-state index in [-0.39, 0.29) is 29.9 Å². The third kappa shape index (κ3) is 3.85. The van der Waals surface area contributed by atoms with Gasteiger partial charge in [0.2, 0.25) is 0 Å². The normalized spacial score (nSPS) is 12.1. The molecule has 1 aromatic rings. The van der Waals surface area contributed by atoms with Crippen molar-refractivity contribution >= 4 is 11.7 Å². The summed E-state index contributed by atoms with van der Waals surface area (Å²) in [6.07, 6.45) is 1.48. The Kier molecular flexibility index (Phi) is 5.31. The third-order valence-electron chi connectivity index (χ3n) is 2.78. The van der Waals surface area contributed by atoms with Gasteiger partial charge in [-0.05, 0) is 23.3 Å². The number of H-pyrrole nitrogens is 1.